The second-order valence-electron chi connectivity index (χ2n) is 5.70. The van der Waals surface area contributed by atoms with Crippen LogP contribution in [-0.2, 0) is 12.8 Å². The minimum atomic E-state index is 0.332. The van der Waals surface area contributed by atoms with E-state index >= 15 is 0 Å². The molecule has 1 aromatic rings. The summed E-state index contributed by atoms with van der Waals surface area (Å²) in [4.78, 5) is 0. The highest BCUT2D eigenvalue weighted by molar-refractivity contribution is 5.36. The Morgan fingerprint density at radius 2 is 1.89 bits per heavy atom. The summed E-state index contributed by atoms with van der Waals surface area (Å²) in [5.41, 5.74) is 4.55. The van der Waals surface area contributed by atoms with Crippen LogP contribution in [0.25, 0.3) is 0 Å². The molecule has 0 spiro atoms. The van der Waals surface area contributed by atoms with Crippen molar-refractivity contribution in [2.24, 2.45) is 0 Å². The fourth-order valence-electron chi connectivity index (χ4n) is 2.89. The molecule has 0 saturated carbocycles. The van der Waals surface area contributed by atoms with Gasteiger partial charge in [0.25, 0.3) is 0 Å². The molecule has 0 aromatic heterocycles. The van der Waals surface area contributed by atoms with Crippen molar-refractivity contribution >= 4 is 0 Å². The van der Waals surface area contributed by atoms with Gasteiger partial charge in [-0.2, -0.15) is 0 Å². The van der Waals surface area contributed by atoms with Crippen molar-refractivity contribution in [3.63, 3.8) is 0 Å². The minimum Gasteiger partial charge on any atom is -0.396 e. The molecule has 0 heterocycles. The van der Waals surface area contributed by atoms with Crippen LogP contribution in [0.2, 0.25) is 0 Å². The van der Waals surface area contributed by atoms with Gasteiger partial charge in [0.15, 0.2) is 0 Å². The highest BCUT2D eigenvalue weighted by Crippen LogP contribution is 2.25. The first-order valence-corrected chi connectivity index (χ1v) is 7.77. The second-order valence-corrected chi connectivity index (χ2v) is 5.70. The number of hydrogen-bond acceptors (Lipinski definition) is 2. The predicted molar refractivity (Wildman–Crippen MR) is 80.4 cm³/mol. The molecule has 2 nitrogen and oxygen atoms in total. The van der Waals surface area contributed by atoms with E-state index in [9.17, 15) is 0 Å². The summed E-state index contributed by atoms with van der Waals surface area (Å²) >= 11 is 0. The Morgan fingerprint density at radius 1 is 1.11 bits per heavy atom. The summed E-state index contributed by atoms with van der Waals surface area (Å²) in [5, 5.41) is 12.3. The Hall–Kier alpha value is -0.860. The Kier molecular flexibility index (Phi) is 5.87. The third kappa shape index (κ3) is 4.32. The highest BCUT2D eigenvalue weighted by Gasteiger charge is 2.12. The zero-order valence-corrected chi connectivity index (χ0v) is 12.1. The van der Waals surface area contributed by atoms with Gasteiger partial charge in [0, 0.05) is 12.6 Å². The number of unbranched alkanes of at least 4 members (excludes halogenated alkanes) is 3. The van der Waals surface area contributed by atoms with Crippen LogP contribution in [0.4, 0.5) is 0 Å². The number of benzene rings is 1. The lowest BCUT2D eigenvalue weighted by atomic mass is 10.0. The predicted octanol–water partition coefficient (Wildman–Crippen LogP) is 3.38. The summed E-state index contributed by atoms with van der Waals surface area (Å²) in [5.74, 6) is 0. The van der Waals surface area contributed by atoms with Crippen LogP contribution in [0.3, 0.4) is 0 Å². The Balaban J connectivity index is 1.72. The molecular weight excluding hydrogens is 234 g/mol. The Morgan fingerprint density at radius 3 is 2.74 bits per heavy atom. The van der Waals surface area contributed by atoms with Gasteiger partial charge >= 0.3 is 0 Å². The van der Waals surface area contributed by atoms with Crippen LogP contribution in [-0.4, -0.2) is 18.3 Å². The summed E-state index contributed by atoms with van der Waals surface area (Å²) in [6.07, 6.45) is 8.36. The van der Waals surface area contributed by atoms with Gasteiger partial charge in [0.1, 0.15) is 0 Å². The van der Waals surface area contributed by atoms with Gasteiger partial charge in [-0.05, 0) is 62.3 Å². The number of aliphatic hydroxyl groups is 1. The summed E-state index contributed by atoms with van der Waals surface area (Å²) < 4.78 is 0. The maximum absolute atomic E-state index is 8.72. The van der Waals surface area contributed by atoms with Crippen molar-refractivity contribution < 1.29 is 5.11 Å². The molecule has 1 aliphatic rings. The fraction of sp³-hybridized carbons (Fsp3) is 0.647. The highest BCUT2D eigenvalue weighted by atomic mass is 16.2. The molecule has 1 aliphatic carbocycles. The zero-order valence-electron chi connectivity index (χ0n) is 12.1. The summed E-state index contributed by atoms with van der Waals surface area (Å²) in [6, 6.07) is 7.44. The van der Waals surface area contributed by atoms with Crippen molar-refractivity contribution in [3.05, 3.63) is 34.9 Å². The lowest BCUT2D eigenvalue weighted by molar-refractivity contribution is 0.282. The maximum atomic E-state index is 8.72. The molecule has 0 radical (unpaired) electrons. The second kappa shape index (κ2) is 7.66. The lowest BCUT2D eigenvalue weighted by Crippen LogP contribution is -2.20. The van der Waals surface area contributed by atoms with E-state index in [1.165, 1.54) is 37.7 Å². The monoisotopic (exact) mass is 261 g/mol. The van der Waals surface area contributed by atoms with Gasteiger partial charge in [0.2, 0.25) is 0 Å². The van der Waals surface area contributed by atoms with Gasteiger partial charge in [-0.1, -0.05) is 31.0 Å². The smallest absolute Gasteiger partial charge is 0.0431 e. The van der Waals surface area contributed by atoms with E-state index in [1.807, 2.05) is 0 Å². The van der Waals surface area contributed by atoms with E-state index in [0.717, 1.165) is 19.4 Å². The van der Waals surface area contributed by atoms with Crippen LogP contribution in [0.5, 0.6) is 0 Å². The lowest BCUT2D eigenvalue weighted by Gasteiger charge is -2.15. The number of aryl methyl sites for hydroxylation is 2. The molecule has 2 N–H and O–H groups in total. The molecular formula is C17H27NO. The van der Waals surface area contributed by atoms with E-state index in [1.54, 1.807) is 11.1 Å². The first kappa shape index (κ1) is 14.5. The van der Waals surface area contributed by atoms with E-state index in [0.29, 0.717) is 12.6 Å². The van der Waals surface area contributed by atoms with E-state index in [-0.39, 0.29) is 0 Å². The molecule has 2 rings (SSSR count). The maximum Gasteiger partial charge on any atom is 0.0431 e. The van der Waals surface area contributed by atoms with Gasteiger partial charge in [-0.25, -0.2) is 0 Å². The largest absolute Gasteiger partial charge is 0.396 e. The van der Waals surface area contributed by atoms with Gasteiger partial charge < -0.3 is 10.4 Å². The van der Waals surface area contributed by atoms with Crippen LogP contribution >= 0.6 is 0 Å². The summed E-state index contributed by atoms with van der Waals surface area (Å²) in [6.45, 7) is 3.66. The number of fused-ring (bicyclic) bond motifs is 1. The Labute approximate surface area is 117 Å². The van der Waals surface area contributed by atoms with Crippen molar-refractivity contribution in [1.82, 2.24) is 5.32 Å². The van der Waals surface area contributed by atoms with Crippen LogP contribution < -0.4 is 5.32 Å². The van der Waals surface area contributed by atoms with E-state index in [2.05, 4.69) is 30.4 Å². The number of hydrogen-bond donors (Lipinski definition) is 2. The standard InChI is InChI=1S/C17H27NO/c1-14(18-11-4-2-3-5-12-19)16-10-9-15-7-6-8-17(15)13-16/h9-10,13-14,18-19H,2-8,11-12H2,1H3. The molecule has 1 atom stereocenters. The molecule has 2 heteroatoms. The van der Waals surface area contributed by atoms with E-state index < -0.39 is 0 Å². The van der Waals surface area contributed by atoms with Crippen LogP contribution in [0, 0.1) is 0 Å². The third-order valence-electron chi connectivity index (χ3n) is 4.16. The average Bonchev–Trinajstić information content (AvgIpc) is 2.89. The minimum absolute atomic E-state index is 0.332. The van der Waals surface area contributed by atoms with Gasteiger partial charge in [0.05, 0.1) is 0 Å². The quantitative estimate of drug-likeness (QED) is 0.703. The molecule has 0 bridgehead atoms. The Bertz CT molecular complexity index is 389. The molecule has 1 unspecified atom stereocenters. The normalized spacial score (nSPS) is 15.5. The zero-order chi connectivity index (χ0) is 13.5. The molecule has 0 fully saturated rings. The number of aliphatic hydroxyl groups excluding tert-OH is 1. The fourth-order valence-corrected chi connectivity index (χ4v) is 2.89. The topological polar surface area (TPSA) is 32.3 Å². The number of rotatable bonds is 8. The molecule has 0 amide bonds. The first-order chi connectivity index (χ1) is 9.31. The molecule has 0 saturated heterocycles. The molecule has 106 valence electrons. The first-order valence-electron chi connectivity index (χ1n) is 7.77. The van der Waals surface area contributed by atoms with Crippen LogP contribution in [0.1, 0.15) is 61.8 Å². The third-order valence-corrected chi connectivity index (χ3v) is 4.16. The van der Waals surface area contributed by atoms with Crippen molar-refractivity contribution in [2.75, 3.05) is 13.2 Å². The molecule has 1 aromatic carbocycles. The van der Waals surface area contributed by atoms with Crippen molar-refractivity contribution in [1.29, 1.82) is 0 Å². The SMILES string of the molecule is CC(NCCCCCCO)c1ccc2c(c1)CCC2. The summed E-state index contributed by atoms with van der Waals surface area (Å²) in [7, 11) is 0. The molecule has 19 heavy (non-hydrogen) atoms. The van der Waals surface area contributed by atoms with Crippen molar-refractivity contribution in [2.45, 2.75) is 57.9 Å². The van der Waals surface area contributed by atoms with Gasteiger partial charge in [-0.3, -0.25) is 0 Å². The van der Waals surface area contributed by atoms with E-state index in [4.69, 9.17) is 5.11 Å². The van der Waals surface area contributed by atoms with Crippen molar-refractivity contribution in [3.8, 4) is 0 Å². The number of nitrogens with one attached hydrogen (secondary N) is 1. The average molecular weight is 261 g/mol. The van der Waals surface area contributed by atoms with Crippen LogP contribution in [0.15, 0.2) is 18.2 Å². The van der Waals surface area contributed by atoms with Gasteiger partial charge in [-0.15, -0.1) is 0 Å². The molecule has 0 aliphatic heterocycles.